The molecule has 3 heteroatoms. The fourth-order valence-electron chi connectivity index (χ4n) is 1.39. The van der Waals surface area contributed by atoms with Gasteiger partial charge in [-0.05, 0) is 23.5 Å². The second-order valence-corrected chi connectivity index (χ2v) is 4.48. The third kappa shape index (κ3) is 2.69. The summed E-state index contributed by atoms with van der Waals surface area (Å²) in [7, 11) is 1.64. The van der Waals surface area contributed by atoms with Crippen LogP contribution in [0.5, 0.6) is 5.75 Å². The standard InChI is InChI=1S/C12H20N2O/c1-5-12(2,3)11(13)9-6-10(15-4)8-14-7-9/h6-8,11H,5,13H2,1-4H3. The highest BCUT2D eigenvalue weighted by molar-refractivity contribution is 5.26. The zero-order chi connectivity index (χ0) is 11.5. The maximum absolute atomic E-state index is 6.21. The summed E-state index contributed by atoms with van der Waals surface area (Å²) in [5, 5.41) is 0. The molecule has 0 aliphatic carbocycles. The Labute approximate surface area is 91.7 Å². The summed E-state index contributed by atoms with van der Waals surface area (Å²) in [5.74, 6) is 0.759. The molecule has 0 saturated heterocycles. The molecule has 3 nitrogen and oxygen atoms in total. The lowest BCUT2D eigenvalue weighted by atomic mass is 9.79. The van der Waals surface area contributed by atoms with Gasteiger partial charge in [-0.1, -0.05) is 20.8 Å². The highest BCUT2D eigenvalue weighted by Gasteiger charge is 2.26. The molecule has 1 unspecified atom stereocenters. The Kier molecular flexibility index (Phi) is 3.69. The van der Waals surface area contributed by atoms with Crippen molar-refractivity contribution in [1.82, 2.24) is 4.98 Å². The third-order valence-corrected chi connectivity index (χ3v) is 3.08. The molecule has 0 aliphatic rings. The molecular formula is C12H20N2O. The van der Waals surface area contributed by atoms with Crippen LogP contribution in [0.25, 0.3) is 0 Å². The third-order valence-electron chi connectivity index (χ3n) is 3.08. The van der Waals surface area contributed by atoms with Crippen molar-refractivity contribution >= 4 is 0 Å². The van der Waals surface area contributed by atoms with Crippen molar-refractivity contribution in [2.45, 2.75) is 33.2 Å². The molecular weight excluding hydrogens is 188 g/mol. The van der Waals surface area contributed by atoms with Crippen LogP contribution in [0.2, 0.25) is 0 Å². The molecule has 0 amide bonds. The van der Waals surface area contributed by atoms with E-state index in [1.54, 1.807) is 13.3 Å². The van der Waals surface area contributed by atoms with Crippen LogP contribution in [-0.2, 0) is 0 Å². The quantitative estimate of drug-likeness (QED) is 0.827. The van der Waals surface area contributed by atoms with Gasteiger partial charge in [0, 0.05) is 12.2 Å². The van der Waals surface area contributed by atoms with Crippen molar-refractivity contribution in [3.63, 3.8) is 0 Å². The van der Waals surface area contributed by atoms with E-state index in [0.29, 0.717) is 0 Å². The Balaban J connectivity index is 2.95. The van der Waals surface area contributed by atoms with Gasteiger partial charge in [-0.3, -0.25) is 4.98 Å². The van der Waals surface area contributed by atoms with E-state index < -0.39 is 0 Å². The van der Waals surface area contributed by atoms with Gasteiger partial charge < -0.3 is 10.5 Å². The first kappa shape index (κ1) is 12.0. The Morgan fingerprint density at radius 1 is 1.47 bits per heavy atom. The number of hydrogen-bond donors (Lipinski definition) is 1. The van der Waals surface area contributed by atoms with Gasteiger partial charge in [-0.15, -0.1) is 0 Å². The number of nitrogens with two attached hydrogens (primary N) is 1. The molecule has 84 valence electrons. The van der Waals surface area contributed by atoms with Crippen LogP contribution in [0.15, 0.2) is 18.5 Å². The Bertz CT molecular complexity index is 323. The van der Waals surface area contributed by atoms with Gasteiger partial charge in [0.05, 0.1) is 13.3 Å². The number of nitrogens with zero attached hydrogens (tertiary/aromatic N) is 1. The number of hydrogen-bond acceptors (Lipinski definition) is 3. The van der Waals surface area contributed by atoms with E-state index >= 15 is 0 Å². The number of aromatic nitrogens is 1. The monoisotopic (exact) mass is 208 g/mol. The van der Waals surface area contributed by atoms with Gasteiger partial charge in [0.1, 0.15) is 5.75 Å². The van der Waals surface area contributed by atoms with Crippen LogP contribution in [0.1, 0.15) is 38.8 Å². The SMILES string of the molecule is CCC(C)(C)C(N)c1cncc(OC)c1. The van der Waals surface area contributed by atoms with E-state index in [0.717, 1.165) is 17.7 Å². The second-order valence-electron chi connectivity index (χ2n) is 4.48. The molecule has 1 heterocycles. The molecule has 0 fully saturated rings. The summed E-state index contributed by atoms with van der Waals surface area (Å²) >= 11 is 0. The summed E-state index contributed by atoms with van der Waals surface area (Å²) < 4.78 is 5.13. The fourth-order valence-corrected chi connectivity index (χ4v) is 1.39. The molecule has 0 bridgehead atoms. The van der Waals surface area contributed by atoms with Crippen molar-refractivity contribution in [1.29, 1.82) is 0 Å². The van der Waals surface area contributed by atoms with Gasteiger partial charge in [0.2, 0.25) is 0 Å². The first-order valence-electron chi connectivity index (χ1n) is 5.25. The first-order valence-corrected chi connectivity index (χ1v) is 5.25. The van der Waals surface area contributed by atoms with Crippen LogP contribution in [0, 0.1) is 5.41 Å². The predicted molar refractivity (Wildman–Crippen MR) is 61.8 cm³/mol. The van der Waals surface area contributed by atoms with Gasteiger partial charge in [0.25, 0.3) is 0 Å². The molecule has 0 aliphatic heterocycles. The smallest absolute Gasteiger partial charge is 0.137 e. The highest BCUT2D eigenvalue weighted by Crippen LogP contribution is 2.34. The fraction of sp³-hybridized carbons (Fsp3) is 0.583. The van der Waals surface area contributed by atoms with Gasteiger partial charge >= 0.3 is 0 Å². The minimum Gasteiger partial charge on any atom is -0.495 e. The highest BCUT2D eigenvalue weighted by atomic mass is 16.5. The van der Waals surface area contributed by atoms with Crippen LogP contribution >= 0.6 is 0 Å². The van der Waals surface area contributed by atoms with Crippen molar-refractivity contribution in [3.05, 3.63) is 24.0 Å². The number of ether oxygens (including phenoxy) is 1. The van der Waals surface area contributed by atoms with Gasteiger partial charge in [-0.2, -0.15) is 0 Å². The summed E-state index contributed by atoms with van der Waals surface area (Å²) in [4.78, 5) is 4.12. The minimum absolute atomic E-state index is 0.00917. The van der Waals surface area contributed by atoms with Crippen molar-refractivity contribution in [2.24, 2.45) is 11.1 Å². The number of rotatable bonds is 4. The zero-order valence-corrected chi connectivity index (χ0v) is 9.95. The van der Waals surface area contributed by atoms with Crippen molar-refractivity contribution < 1.29 is 4.74 Å². The van der Waals surface area contributed by atoms with Crippen LogP contribution in [-0.4, -0.2) is 12.1 Å². The molecule has 15 heavy (non-hydrogen) atoms. The normalized spacial score (nSPS) is 13.7. The molecule has 0 saturated carbocycles. The molecule has 0 aromatic carbocycles. The summed E-state index contributed by atoms with van der Waals surface area (Å²) in [6, 6.07) is 1.94. The minimum atomic E-state index is -0.00917. The number of pyridine rings is 1. The van der Waals surface area contributed by atoms with Crippen LogP contribution < -0.4 is 10.5 Å². The molecule has 0 spiro atoms. The van der Waals surface area contributed by atoms with Crippen molar-refractivity contribution in [3.8, 4) is 5.75 Å². The Hall–Kier alpha value is -1.09. The molecule has 0 radical (unpaired) electrons. The topological polar surface area (TPSA) is 48.1 Å². The summed E-state index contributed by atoms with van der Waals surface area (Å²) in [6.07, 6.45) is 4.53. The average Bonchev–Trinajstić information content (AvgIpc) is 2.28. The van der Waals surface area contributed by atoms with Gasteiger partial charge in [0.15, 0.2) is 0 Å². The number of methoxy groups -OCH3 is 1. The Morgan fingerprint density at radius 2 is 2.13 bits per heavy atom. The van der Waals surface area contributed by atoms with E-state index in [-0.39, 0.29) is 11.5 Å². The summed E-state index contributed by atoms with van der Waals surface area (Å²) in [5.41, 5.74) is 7.32. The van der Waals surface area contributed by atoms with E-state index in [9.17, 15) is 0 Å². The van der Waals surface area contributed by atoms with E-state index in [1.807, 2.05) is 12.3 Å². The lowest BCUT2D eigenvalue weighted by Gasteiger charge is -2.30. The lowest BCUT2D eigenvalue weighted by molar-refractivity contribution is 0.277. The van der Waals surface area contributed by atoms with Gasteiger partial charge in [-0.25, -0.2) is 0 Å². The van der Waals surface area contributed by atoms with Crippen molar-refractivity contribution in [2.75, 3.05) is 7.11 Å². The van der Waals surface area contributed by atoms with E-state index in [2.05, 4.69) is 25.8 Å². The van der Waals surface area contributed by atoms with Crippen LogP contribution in [0.4, 0.5) is 0 Å². The van der Waals surface area contributed by atoms with E-state index in [4.69, 9.17) is 10.5 Å². The second kappa shape index (κ2) is 4.62. The first-order chi connectivity index (χ1) is 7.01. The zero-order valence-electron chi connectivity index (χ0n) is 9.95. The molecule has 1 aromatic rings. The maximum atomic E-state index is 6.21. The molecule has 2 N–H and O–H groups in total. The van der Waals surface area contributed by atoms with Crippen LogP contribution in [0.3, 0.4) is 0 Å². The molecule has 1 aromatic heterocycles. The van der Waals surface area contributed by atoms with E-state index in [1.165, 1.54) is 0 Å². The maximum Gasteiger partial charge on any atom is 0.137 e. The molecule has 1 rings (SSSR count). The predicted octanol–water partition coefficient (Wildman–Crippen LogP) is 2.53. The largest absolute Gasteiger partial charge is 0.495 e. The lowest BCUT2D eigenvalue weighted by Crippen LogP contribution is -2.28. The average molecular weight is 208 g/mol. The Morgan fingerprint density at radius 3 is 2.67 bits per heavy atom. The molecule has 1 atom stereocenters. The summed E-state index contributed by atoms with van der Waals surface area (Å²) in [6.45, 7) is 6.47.